The second-order valence-corrected chi connectivity index (χ2v) is 5.54. The molecule has 2 heteroatoms. The van der Waals surface area contributed by atoms with Crippen LogP contribution in [0.2, 0.25) is 0 Å². The summed E-state index contributed by atoms with van der Waals surface area (Å²) in [5.74, 6) is 0. The summed E-state index contributed by atoms with van der Waals surface area (Å²) in [7, 11) is 0. The van der Waals surface area contributed by atoms with Crippen LogP contribution in [0, 0.1) is 6.92 Å². The number of ether oxygens (including phenoxy) is 1. The highest BCUT2D eigenvalue weighted by Crippen LogP contribution is 2.29. The third kappa shape index (κ3) is 3.56. The average Bonchev–Trinajstić information content (AvgIpc) is 2.38. The lowest BCUT2D eigenvalue weighted by Gasteiger charge is -2.27. The molecule has 1 unspecified atom stereocenters. The van der Waals surface area contributed by atoms with E-state index in [4.69, 9.17) is 4.74 Å². The van der Waals surface area contributed by atoms with E-state index >= 15 is 0 Å². The van der Waals surface area contributed by atoms with E-state index in [1.807, 2.05) is 0 Å². The highest BCUT2D eigenvalue weighted by Gasteiger charge is 2.20. The Bertz CT molecular complexity index is 345. The number of benzene rings is 1. The van der Waals surface area contributed by atoms with Crippen molar-refractivity contribution in [2.24, 2.45) is 0 Å². The highest BCUT2D eigenvalue weighted by molar-refractivity contribution is 9.09. The normalized spacial score (nSPS) is 19.2. The first-order valence-electron chi connectivity index (χ1n) is 6.58. The number of hydrogen-bond acceptors (Lipinski definition) is 1. The van der Waals surface area contributed by atoms with Crippen LogP contribution in [-0.4, -0.2) is 11.4 Å². The number of aryl methyl sites for hydroxylation is 1. The van der Waals surface area contributed by atoms with Gasteiger partial charge in [0, 0.05) is 5.33 Å². The lowest BCUT2D eigenvalue weighted by Crippen LogP contribution is -2.21. The van der Waals surface area contributed by atoms with E-state index in [1.54, 1.807) is 0 Å². The lowest BCUT2D eigenvalue weighted by atomic mass is 9.97. The molecule has 1 aliphatic carbocycles. The fourth-order valence-corrected chi connectivity index (χ4v) is 3.08. The van der Waals surface area contributed by atoms with E-state index in [9.17, 15) is 0 Å². The Labute approximate surface area is 113 Å². The number of rotatable bonds is 4. The summed E-state index contributed by atoms with van der Waals surface area (Å²) in [6.45, 7) is 2.16. The van der Waals surface area contributed by atoms with Gasteiger partial charge < -0.3 is 4.74 Å². The fraction of sp³-hybridized carbons (Fsp3) is 0.600. The van der Waals surface area contributed by atoms with Gasteiger partial charge in [-0.15, -0.1) is 0 Å². The van der Waals surface area contributed by atoms with Gasteiger partial charge in [-0.05, 0) is 30.9 Å². The quantitative estimate of drug-likeness (QED) is 0.727. The molecule has 17 heavy (non-hydrogen) atoms. The Kier molecular flexibility index (Phi) is 5.05. The SMILES string of the molecule is Cc1ccccc1C(CBr)OC1CCCCC1. The van der Waals surface area contributed by atoms with Crippen molar-refractivity contribution in [2.75, 3.05) is 5.33 Å². The summed E-state index contributed by atoms with van der Waals surface area (Å²) in [4.78, 5) is 0. The minimum absolute atomic E-state index is 0.208. The summed E-state index contributed by atoms with van der Waals surface area (Å²) in [6.07, 6.45) is 7.17. The topological polar surface area (TPSA) is 9.23 Å². The molecule has 0 amide bonds. The van der Waals surface area contributed by atoms with Gasteiger partial charge in [-0.3, -0.25) is 0 Å². The van der Waals surface area contributed by atoms with Crippen molar-refractivity contribution in [3.63, 3.8) is 0 Å². The first kappa shape index (κ1) is 13.1. The van der Waals surface area contributed by atoms with Crippen molar-refractivity contribution in [3.05, 3.63) is 35.4 Å². The van der Waals surface area contributed by atoms with Crippen LogP contribution < -0.4 is 0 Å². The van der Waals surface area contributed by atoms with Crippen LogP contribution in [0.25, 0.3) is 0 Å². The summed E-state index contributed by atoms with van der Waals surface area (Å²) in [5.41, 5.74) is 2.66. The molecular weight excluding hydrogens is 276 g/mol. The molecule has 1 aliphatic rings. The molecule has 2 rings (SSSR count). The van der Waals surface area contributed by atoms with Crippen LogP contribution in [0.1, 0.15) is 49.3 Å². The summed E-state index contributed by atoms with van der Waals surface area (Å²) >= 11 is 3.59. The Balaban J connectivity index is 2.03. The molecule has 1 fully saturated rings. The van der Waals surface area contributed by atoms with Crippen LogP contribution in [0.15, 0.2) is 24.3 Å². The third-order valence-electron chi connectivity index (χ3n) is 3.58. The van der Waals surface area contributed by atoms with E-state index in [-0.39, 0.29) is 6.10 Å². The van der Waals surface area contributed by atoms with Crippen molar-refractivity contribution in [1.82, 2.24) is 0 Å². The molecule has 1 atom stereocenters. The van der Waals surface area contributed by atoms with Crippen LogP contribution in [0.4, 0.5) is 0 Å². The molecule has 0 spiro atoms. The number of alkyl halides is 1. The molecule has 1 nitrogen and oxygen atoms in total. The van der Waals surface area contributed by atoms with Crippen LogP contribution in [-0.2, 0) is 4.74 Å². The van der Waals surface area contributed by atoms with Crippen molar-refractivity contribution in [1.29, 1.82) is 0 Å². The molecule has 0 saturated heterocycles. The zero-order valence-electron chi connectivity index (χ0n) is 10.5. The van der Waals surface area contributed by atoms with Gasteiger partial charge >= 0.3 is 0 Å². The third-order valence-corrected chi connectivity index (χ3v) is 4.17. The monoisotopic (exact) mass is 296 g/mol. The smallest absolute Gasteiger partial charge is 0.0927 e. The van der Waals surface area contributed by atoms with Crippen LogP contribution >= 0.6 is 15.9 Å². The van der Waals surface area contributed by atoms with Crippen molar-refractivity contribution < 1.29 is 4.74 Å². The van der Waals surface area contributed by atoms with Gasteiger partial charge in [0.1, 0.15) is 0 Å². The fourth-order valence-electron chi connectivity index (χ4n) is 2.57. The Hall–Kier alpha value is -0.340. The molecule has 94 valence electrons. The molecule has 1 aromatic carbocycles. The summed E-state index contributed by atoms with van der Waals surface area (Å²) in [5, 5.41) is 0.883. The molecule has 0 aliphatic heterocycles. The maximum Gasteiger partial charge on any atom is 0.0927 e. The minimum atomic E-state index is 0.208. The Morgan fingerprint density at radius 2 is 1.94 bits per heavy atom. The van der Waals surface area contributed by atoms with Crippen molar-refractivity contribution in [2.45, 2.75) is 51.2 Å². The zero-order chi connectivity index (χ0) is 12.1. The molecule has 0 bridgehead atoms. The second kappa shape index (κ2) is 6.55. The van der Waals surface area contributed by atoms with E-state index in [2.05, 4.69) is 47.1 Å². The molecule has 1 saturated carbocycles. The summed E-state index contributed by atoms with van der Waals surface area (Å²) < 4.78 is 6.26. The van der Waals surface area contributed by atoms with Gasteiger partial charge in [-0.2, -0.15) is 0 Å². The van der Waals surface area contributed by atoms with Crippen molar-refractivity contribution in [3.8, 4) is 0 Å². The van der Waals surface area contributed by atoms with Gasteiger partial charge in [0.2, 0.25) is 0 Å². The molecule has 0 aromatic heterocycles. The van der Waals surface area contributed by atoms with Gasteiger partial charge in [0.05, 0.1) is 12.2 Å². The molecule has 0 N–H and O–H groups in total. The van der Waals surface area contributed by atoms with Crippen LogP contribution in [0.5, 0.6) is 0 Å². The first-order chi connectivity index (χ1) is 8.31. The number of hydrogen-bond donors (Lipinski definition) is 0. The largest absolute Gasteiger partial charge is 0.369 e. The van der Waals surface area contributed by atoms with Gasteiger partial charge in [-0.25, -0.2) is 0 Å². The van der Waals surface area contributed by atoms with E-state index < -0.39 is 0 Å². The predicted octanol–water partition coefficient (Wildman–Crippen LogP) is 4.78. The standard InChI is InChI=1S/C15H21BrO/c1-12-7-5-6-10-14(12)15(11-16)17-13-8-3-2-4-9-13/h5-7,10,13,15H,2-4,8-9,11H2,1H3. The highest BCUT2D eigenvalue weighted by atomic mass is 79.9. The molecule has 0 heterocycles. The predicted molar refractivity (Wildman–Crippen MR) is 75.7 cm³/mol. The Morgan fingerprint density at radius 1 is 1.24 bits per heavy atom. The van der Waals surface area contributed by atoms with E-state index in [1.165, 1.54) is 43.2 Å². The second-order valence-electron chi connectivity index (χ2n) is 4.90. The zero-order valence-corrected chi connectivity index (χ0v) is 12.1. The molecule has 1 aromatic rings. The Morgan fingerprint density at radius 3 is 2.59 bits per heavy atom. The molecular formula is C15H21BrO. The molecule has 0 radical (unpaired) electrons. The minimum Gasteiger partial charge on any atom is -0.369 e. The number of halogens is 1. The van der Waals surface area contributed by atoms with Gasteiger partial charge in [-0.1, -0.05) is 59.5 Å². The lowest BCUT2D eigenvalue weighted by molar-refractivity contribution is -0.0195. The first-order valence-corrected chi connectivity index (χ1v) is 7.70. The maximum absolute atomic E-state index is 6.26. The van der Waals surface area contributed by atoms with Crippen molar-refractivity contribution >= 4 is 15.9 Å². The maximum atomic E-state index is 6.26. The average molecular weight is 297 g/mol. The van der Waals surface area contributed by atoms with Gasteiger partial charge in [0.15, 0.2) is 0 Å². The van der Waals surface area contributed by atoms with Gasteiger partial charge in [0.25, 0.3) is 0 Å². The van der Waals surface area contributed by atoms with E-state index in [0.29, 0.717) is 6.10 Å². The summed E-state index contributed by atoms with van der Waals surface area (Å²) in [6, 6.07) is 8.53. The van der Waals surface area contributed by atoms with E-state index in [0.717, 1.165) is 5.33 Å². The van der Waals surface area contributed by atoms with Crippen LogP contribution in [0.3, 0.4) is 0 Å².